The van der Waals surface area contributed by atoms with E-state index >= 15 is 0 Å². The number of pyridine rings is 1. The number of methoxy groups -OCH3 is 1. The Bertz CT molecular complexity index is 406. The van der Waals surface area contributed by atoms with Gasteiger partial charge < -0.3 is 10.1 Å². The molecule has 1 saturated carbocycles. The van der Waals surface area contributed by atoms with Crippen molar-refractivity contribution in [2.24, 2.45) is 5.92 Å². The van der Waals surface area contributed by atoms with Crippen LogP contribution in [0.3, 0.4) is 0 Å². The maximum atomic E-state index is 5.15. The van der Waals surface area contributed by atoms with Crippen LogP contribution < -0.4 is 10.1 Å². The number of hydrogen-bond acceptors (Lipinski definition) is 4. The summed E-state index contributed by atoms with van der Waals surface area (Å²) in [5, 5.41) is 3.43. The number of aromatic nitrogens is 1. The smallest absolute Gasteiger partial charge is 0.212 e. The van der Waals surface area contributed by atoms with E-state index in [1.807, 2.05) is 12.3 Å². The van der Waals surface area contributed by atoms with Crippen LogP contribution in [0, 0.1) is 5.92 Å². The zero-order valence-electron chi connectivity index (χ0n) is 12.5. The van der Waals surface area contributed by atoms with E-state index in [1.165, 1.54) is 24.8 Å². The highest BCUT2D eigenvalue weighted by atomic mass is 35.5. The Morgan fingerprint density at radius 1 is 1.29 bits per heavy atom. The molecule has 1 aromatic rings. The van der Waals surface area contributed by atoms with Crippen LogP contribution in [-0.2, 0) is 0 Å². The fourth-order valence-electron chi connectivity index (χ4n) is 2.87. The molecule has 1 saturated heterocycles. The molecule has 0 radical (unpaired) electrons. The maximum Gasteiger partial charge on any atom is 0.212 e. The van der Waals surface area contributed by atoms with Gasteiger partial charge in [0.15, 0.2) is 0 Å². The second kappa shape index (κ2) is 8.79. The molecule has 4 nitrogen and oxygen atoms in total. The van der Waals surface area contributed by atoms with Gasteiger partial charge in [-0.15, -0.1) is 24.8 Å². The first kappa shape index (κ1) is 18.5. The van der Waals surface area contributed by atoms with Crippen LogP contribution in [0.15, 0.2) is 18.3 Å². The molecule has 0 aromatic carbocycles. The number of hydrogen-bond donors (Lipinski definition) is 1. The Balaban J connectivity index is 0.00000110. The summed E-state index contributed by atoms with van der Waals surface area (Å²) >= 11 is 0. The van der Waals surface area contributed by atoms with Crippen molar-refractivity contribution < 1.29 is 4.74 Å². The number of ether oxygens (including phenoxy) is 1. The lowest BCUT2D eigenvalue weighted by Gasteiger charge is -2.35. The summed E-state index contributed by atoms with van der Waals surface area (Å²) in [6, 6.07) is 4.70. The molecule has 120 valence electrons. The standard InChI is InChI=1S/C15H23N3O.2ClH/c1-19-15-5-4-13(11-17-15)14(10-12-2-3-12)18-8-6-16-7-9-18;;/h4-5,11-12,14,16H,2-3,6-10H2,1H3;2*1H/t14-;;/m1../s1. The summed E-state index contributed by atoms with van der Waals surface area (Å²) < 4.78 is 5.15. The first-order valence-electron chi connectivity index (χ1n) is 7.31. The predicted molar refractivity (Wildman–Crippen MR) is 89.8 cm³/mol. The molecule has 2 fully saturated rings. The summed E-state index contributed by atoms with van der Waals surface area (Å²) in [4.78, 5) is 6.99. The SMILES string of the molecule is COc1ccc([C@@H](CC2CC2)N2CCNCC2)cn1.Cl.Cl. The maximum absolute atomic E-state index is 5.15. The molecule has 2 aliphatic rings. The van der Waals surface area contributed by atoms with Crippen LogP contribution in [0.4, 0.5) is 0 Å². The molecular weight excluding hydrogens is 309 g/mol. The van der Waals surface area contributed by atoms with Crippen LogP contribution >= 0.6 is 24.8 Å². The monoisotopic (exact) mass is 333 g/mol. The molecule has 1 aromatic heterocycles. The second-order valence-electron chi connectivity index (χ2n) is 5.61. The number of rotatable bonds is 5. The molecule has 1 N–H and O–H groups in total. The largest absolute Gasteiger partial charge is 0.481 e. The number of nitrogens with one attached hydrogen (secondary N) is 1. The number of halogens is 2. The fraction of sp³-hybridized carbons (Fsp3) is 0.667. The normalized spacial score (nSPS) is 20.0. The Morgan fingerprint density at radius 3 is 2.52 bits per heavy atom. The minimum absolute atomic E-state index is 0. The van der Waals surface area contributed by atoms with Crippen LogP contribution in [0.1, 0.15) is 30.9 Å². The Labute approximate surface area is 139 Å². The topological polar surface area (TPSA) is 37.4 Å². The van der Waals surface area contributed by atoms with Gasteiger partial charge in [0.1, 0.15) is 0 Å². The molecule has 6 heteroatoms. The van der Waals surface area contributed by atoms with Gasteiger partial charge in [0.05, 0.1) is 7.11 Å². The number of piperazine rings is 1. The van der Waals surface area contributed by atoms with Crippen molar-refractivity contribution in [2.45, 2.75) is 25.3 Å². The van der Waals surface area contributed by atoms with Crippen LogP contribution in [0.5, 0.6) is 5.88 Å². The van der Waals surface area contributed by atoms with Gasteiger partial charge in [-0.1, -0.05) is 18.9 Å². The summed E-state index contributed by atoms with van der Waals surface area (Å²) in [7, 11) is 1.67. The van der Waals surface area contributed by atoms with Crippen LogP contribution in [0.2, 0.25) is 0 Å². The summed E-state index contributed by atoms with van der Waals surface area (Å²) in [5.41, 5.74) is 1.34. The van der Waals surface area contributed by atoms with E-state index in [9.17, 15) is 0 Å². The van der Waals surface area contributed by atoms with Crippen molar-refractivity contribution in [1.29, 1.82) is 0 Å². The van der Waals surface area contributed by atoms with E-state index in [0.717, 1.165) is 32.1 Å². The summed E-state index contributed by atoms with van der Waals surface area (Å²) in [5.74, 6) is 1.64. The predicted octanol–water partition coefficient (Wildman–Crippen LogP) is 2.68. The molecule has 1 aliphatic carbocycles. The molecule has 0 unspecified atom stereocenters. The first-order valence-corrected chi connectivity index (χ1v) is 7.31. The van der Waals surface area contributed by atoms with Crippen molar-refractivity contribution >= 4 is 24.8 Å². The van der Waals surface area contributed by atoms with Crippen molar-refractivity contribution in [3.05, 3.63) is 23.9 Å². The third-order valence-corrected chi connectivity index (χ3v) is 4.20. The highest BCUT2D eigenvalue weighted by Gasteiger charge is 2.30. The fourth-order valence-corrected chi connectivity index (χ4v) is 2.87. The van der Waals surface area contributed by atoms with Gasteiger partial charge in [0.25, 0.3) is 0 Å². The molecule has 2 heterocycles. The highest BCUT2D eigenvalue weighted by molar-refractivity contribution is 5.85. The lowest BCUT2D eigenvalue weighted by atomic mass is 10.0. The van der Waals surface area contributed by atoms with E-state index in [2.05, 4.69) is 21.3 Å². The molecule has 21 heavy (non-hydrogen) atoms. The van der Waals surface area contributed by atoms with Gasteiger partial charge in [-0.05, 0) is 17.9 Å². The van der Waals surface area contributed by atoms with E-state index in [-0.39, 0.29) is 24.8 Å². The Kier molecular flexibility index (Phi) is 7.74. The van der Waals surface area contributed by atoms with Gasteiger partial charge >= 0.3 is 0 Å². The summed E-state index contributed by atoms with van der Waals surface area (Å²) in [6.45, 7) is 4.49. The average Bonchev–Trinajstić information content (AvgIpc) is 3.30. The highest BCUT2D eigenvalue weighted by Crippen LogP contribution is 2.40. The zero-order valence-corrected chi connectivity index (χ0v) is 14.1. The molecule has 0 bridgehead atoms. The molecule has 0 amide bonds. The molecule has 1 atom stereocenters. The van der Waals surface area contributed by atoms with Gasteiger partial charge in [0, 0.05) is 44.5 Å². The third kappa shape index (κ3) is 4.99. The summed E-state index contributed by atoms with van der Waals surface area (Å²) in [6.07, 6.45) is 6.10. The lowest BCUT2D eigenvalue weighted by molar-refractivity contribution is 0.160. The zero-order chi connectivity index (χ0) is 13.1. The third-order valence-electron chi connectivity index (χ3n) is 4.20. The molecule has 1 aliphatic heterocycles. The molecular formula is C15H25Cl2N3O. The van der Waals surface area contributed by atoms with Crippen LogP contribution in [0.25, 0.3) is 0 Å². The van der Waals surface area contributed by atoms with E-state index < -0.39 is 0 Å². The van der Waals surface area contributed by atoms with E-state index in [4.69, 9.17) is 4.74 Å². The van der Waals surface area contributed by atoms with Gasteiger partial charge in [-0.3, -0.25) is 4.90 Å². The Morgan fingerprint density at radius 2 is 2.00 bits per heavy atom. The van der Waals surface area contributed by atoms with Gasteiger partial charge in [0.2, 0.25) is 5.88 Å². The van der Waals surface area contributed by atoms with E-state index in [1.54, 1.807) is 7.11 Å². The lowest BCUT2D eigenvalue weighted by Crippen LogP contribution is -2.45. The van der Waals surface area contributed by atoms with Gasteiger partial charge in [-0.2, -0.15) is 0 Å². The minimum atomic E-state index is 0. The van der Waals surface area contributed by atoms with Crippen LogP contribution in [-0.4, -0.2) is 43.2 Å². The van der Waals surface area contributed by atoms with Crippen molar-refractivity contribution in [2.75, 3.05) is 33.3 Å². The second-order valence-corrected chi connectivity index (χ2v) is 5.61. The number of nitrogens with zero attached hydrogens (tertiary/aromatic N) is 2. The minimum Gasteiger partial charge on any atom is -0.481 e. The first-order chi connectivity index (χ1) is 9.36. The average molecular weight is 334 g/mol. The van der Waals surface area contributed by atoms with E-state index in [0.29, 0.717) is 11.9 Å². The van der Waals surface area contributed by atoms with Crippen molar-refractivity contribution in [3.8, 4) is 5.88 Å². The van der Waals surface area contributed by atoms with Crippen molar-refractivity contribution in [3.63, 3.8) is 0 Å². The molecule has 0 spiro atoms. The quantitative estimate of drug-likeness (QED) is 0.898. The van der Waals surface area contributed by atoms with Gasteiger partial charge in [-0.25, -0.2) is 4.98 Å². The van der Waals surface area contributed by atoms with Crippen molar-refractivity contribution in [1.82, 2.24) is 15.2 Å². The molecule has 3 rings (SSSR count). The Hall–Kier alpha value is -0.550.